The predicted octanol–water partition coefficient (Wildman–Crippen LogP) is 1.30. The van der Waals surface area contributed by atoms with E-state index >= 15 is 0 Å². The topological polar surface area (TPSA) is 93.2 Å². The Bertz CT molecular complexity index is 1120. The van der Waals surface area contributed by atoms with Crippen LogP contribution in [0.4, 0.5) is 0 Å². The zero-order valence-electron chi connectivity index (χ0n) is 15.8. The Morgan fingerprint density at radius 3 is 2.74 bits per heavy atom. The van der Waals surface area contributed by atoms with Gasteiger partial charge >= 0.3 is 5.69 Å². The van der Waals surface area contributed by atoms with Gasteiger partial charge in [0.25, 0.3) is 5.56 Å². The van der Waals surface area contributed by atoms with E-state index in [4.69, 9.17) is 9.47 Å². The monoisotopic (exact) mass is 373 g/mol. The molecule has 4 heterocycles. The Kier molecular flexibility index (Phi) is 4.47. The van der Waals surface area contributed by atoms with Crippen LogP contribution in [0, 0.1) is 0 Å². The Labute approximate surface area is 155 Å². The van der Waals surface area contributed by atoms with Crippen LogP contribution >= 0.6 is 0 Å². The first-order chi connectivity index (χ1) is 13.0. The van der Waals surface area contributed by atoms with Gasteiger partial charge in [-0.2, -0.15) is 0 Å². The zero-order valence-corrected chi connectivity index (χ0v) is 15.8. The highest BCUT2D eigenvalue weighted by atomic mass is 16.7. The van der Waals surface area contributed by atoms with Crippen molar-refractivity contribution < 1.29 is 9.47 Å². The molecular weight excluding hydrogens is 350 g/mol. The smallest absolute Gasteiger partial charge is 0.332 e. The molecule has 1 aliphatic heterocycles. The number of ether oxygens (including phenoxy) is 2. The number of nitrogens with zero attached hydrogens (tertiary/aromatic N) is 5. The lowest BCUT2D eigenvalue weighted by molar-refractivity contribution is -0.109. The molecule has 0 amide bonds. The number of aromatic nitrogens is 5. The van der Waals surface area contributed by atoms with Gasteiger partial charge in [0.15, 0.2) is 11.5 Å². The van der Waals surface area contributed by atoms with Crippen molar-refractivity contribution in [2.24, 2.45) is 14.1 Å². The van der Waals surface area contributed by atoms with Crippen molar-refractivity contribution in [2.45, 2.75) is 45.4 Å². The van der Waals surface area contributed by atoms with Crippen molar-refractivity contribution >= 4 is 22.1 Å². The van der Waals surface area contributed by atoms with E-state index in [0.717, 1.165) is 30.3 Å². The molecule has 0 saturated carbocycles. The van der Waals surface area contributed by atoms with Gasteiger partial charge in [-0.05, 0) is 19.3 Å². The molecule has 0 aliphatic carbocycles. The van der Waals surface area contributed by atoms with Gasteiger partial charge in [0, 0.05) is 33.1 Å². The minimum absolute atomic E-state index is 0.270. The van der Waals surface area contributed by atoms with Crippen molar-refractivity contribution in [2.75, 3.05) is 6.61 Å². The summed E-state index contributed by atoms with van der Waals surface area (Å²) in [5, 5.41) is 8.74. The third-order valence-electron chi connectivity index (χ3n) is 5.00. The van der Waals surface area contributed by atoms with Gasteiger partial charge in [0.2, 0.25) is 6.29 Å². The maximum absolute atomic E-state index is 12.9. The second-order valence-electron chi connectivity index (χ2n) is 6.89. The minimum atomic E-state index is -0.429. The first-order valence-corrected chi connectivity index (χ1v) is 9.26. The highest BCUT2D eigenvalue weighted by Gasteiger charge is 2.23. The summed E-state index contributed by atoms with van der Waals surface area (Å²) >= 11 is 0. The molecule has 1 unspecified atom stereocenters. The van der Waals surface area contributed by atoms with E-state index in [-0.39, 0.29) is 17.5 Å². The first-order valence-electron chi connectivity index (χ1n) is 9.26. The summed E-state index contributed by atoms with van der Waals surface area (Å²) in [6, 6.07) is 1.79. The fourth-order valence-corrected chi connectivity index (χ4v) is 3.59. The van der Waals surface area contributed by atoms with Crippen molar-refractivity contribution in [1.29, 1.82) is 0 Å². The molecule has 0 spiro atoms. The predicted molar refractivity (Wildman–Crippen MR) is 100 cm³/mol. The molecule has 27 heavy (non-hydrogen) atoms. The van der Waals surface area contributed by atoms with Crippen molar-refractivity contribution in [3.05, 3.63) is 26.9 Å². The molecule has 0 N–H and O–H groups in total. The van der Waals surface area contributed by atoms with Crippen LogP contribution in [0.1, 0.15) is 32.6 Å². The maximum atomic E-state index is 12.9. The third-order valence-corrected chi connectivity index (χ3v) is 5.00. The number of fused-ring (bicyclic) bond motifs is 3. The van der Waals surface area contributed by atoms with Crippen LogP contribution in [-0.2, 0) is 25.4 Å². The number of hydrogen-bond donors (Lipinski definition) is 0. The van der Waals surface area contributed by atoms with Crippen molar-refractivity contribution in [1.82, 2.24) is 23.9 Å². The normalized spacial score (nSPS) is 17.7. The first kappa shape index (κ1) is 17.7. The molecule has 1 saturated heterocycles. The van der Waals surface area contributed by atoms with Crippen LogP contribution < -0.4 is 16.0 Å². The SMILES string of the molecule is CCCn1c(OC2CCCCO2)cc2nnc3c(c(=O)n(C)c(=O)n3C)c21. The lowest BCUT2D eigenvalue weighted by atomic mass is 10.2. The second-order valence-corrected chi connectivity index (χ2v) is 6.89. The van der Waals surface area contributed by atoms with Crippen LogP contribution in [-0.4, -0.2) is 36.8 Å². The van der Waals surface area contributed by atoms with E-state index in [0.29, 0.717) is 35.5 Å². The molecule has 3 aromatic rings. The summed E-state index contributed by atoms with van der Waals surface area (Å²) in [7, 11) is 3.06. The molecule has 1 atom stereocenters. The summed E-state index contributed by atoms with van der Waals surface area (Å²) in [4.78, 5) is 25.1. The fraction of sp³-hybridized carbons (Fsp3) is 0.556. The van der Waals surface area contributed by atoms with E-state index in [9.17, 15) is 9.59 Å². The Balaban J connectivity index is 1.99. The van der Waals surface area contributed by atoms with Crippen molar-refractivity contribution in [3.8, 4) is 5.88 Å². The van der Waals surface area contributed by atoms with Crippen LogP contribution in [0.15, 0.2) is 15.7 Å². The van der Waals surface area contributed by atoms with E-state index in [1.165, 1.54) is 11.6 Å². The van der Waals surface area contributed by atoms with Gasteiger partial charge < -0.3 is 14.0 Å². The summed E-state index contributed by atoms with van der Waals surface area (Å²) < 4.78 is 16.2. The van der Waals surface area contributed by atoms with Crippen LogP contribution in [0.3, 0.4) is 0 Å². The molecule has 0 radical (unpaired) electrons. The minimum Gasteiger partial charge on any atom is -0.449 e. The molecule has 9 nitrogen and oxygen atoms in total. The maximum Gasteiger partial charge on any atom is 0.332 e. The van der Waals surface area contributed by atoms with Gasteiger partial charge in [0.1, 0.15) is 10.9 Å². The molecule has 1 fully saturated rings. The molecule has 144 valence electrons. The summed E-state index contributed by atoms with van der Waals surface area (Å²) in [6.45, 7) is 3.39. The van der Waals surface area contributed by atoms with Gasteiger partial charge in [-0.3, -0.25) is 13.9 Å². The summed E-state index contributed by atoms with van der Waals surface area (Å²) in [5.41, 5.74) is 0.665. The van der Waals surface area contributed by atoms with Crippen LogP contribution in [0.2, 0.25) is 0 Å². The molecule has 0 aromatic carbocycles. The quantitative estimate of drug-likeness (QED) is 0.684. The Morgan fingerprint density at radius 2 is 2.04 bits per heavy atom. The molecule has 1 aliphatic rings. The number of aryl methyl sites for hydroxylation is 2. The van der Waals surface area contributed by atoms with E-state index in [2.05, 4.69) is 17.1 Å². The zero-order chi connectivity index (χ0) is 19.1. The lowest BCUT2D eigenvalue weighted by Gasteiger charge is -2.24. The summed E-state index contributed by atoms with van der Waals surface area (Å²) in [6.07, 6.45) is 3.48. The van der Waals surface area contributed by atoms with Crippen molar-refractivity contribution in [3.63, 3.8) is 0 Å². The Hall–Kier alpha value is -2.68. The molecule has 9 heteroatoms. The van der Waals surface area contributed by atoms with Gasteiger partial charge in [0.05, 0.1) is 12.1 Å². The highest BCUT2D eigenvalue weighted by molar-refractivity contribution is 6.00. The van der Waals surface area contributed by atoms with Crippen LogP contribution in [0.5, 0.6) is 5.88 Å². The largest absolute Gasteiger partial charge is 0.449 e. The standard InChI is InChI=1S/C18H23N5O4/c1-4-8-23-12(27-13-7-5-6-9-26-13)10-11-15(23)14-16(20-19-11)21(2)18(25)22(3)17(14)24/h10,13H,4-9H2,1-3H3. The third kappa shape index (κ3) is 2.82. The van der Waals surface area contributed by atoms with Gasteiger partial charge in [-0.1, -0.05) is 6.92 Å². The fourth-order valence-electron chi connectivity index (χ4n) is 3.59. The van der Waals surface area contributed by atoms with E-state index in [1.807, 2.05) is 4.57 Å². The highest BCUT2D eigenvalue weighted by Crippen LogP contribution is 2.29. The number of hydrogen-bond acceptors (Lipinski definition) is 6. The average Bonchev–Trinajstić information content (AvgIpc) is 3.02. The average molecular weight is 373 g/mol. The molecular formula is C18H23N5O4. The van der Waals surface area contributed by atoms with Gasteiger partial charge in [-0.15, -0.1) is 10.2 Å². The molecule has 0 bridgehead atoms. The Morgan fingerprint density at radius 1 is 1.22 bits per heavy atom. The molecule has 4 rings (SSSR count). The van der Waals surface area contributed by atoms with E-state index < -0.39 is 5.69 Å². The number of rotatable bonds is 4. The lowest BCUT2D eigenvalue weighted by Crippen LogP contribution is -2.37. The van der Waals surface area contributed by atoms with E-state index in [1.54, 1.807) is 13.1 Å². The molecule has 3 aromatic heterocycles. The summed E-state index contributed by atoms with van der Waals surface area (Å²) in [5.74, 6) is 0.608. The van der Waals surface area contributed by atoms with Gasteiger partial charge in [-0.25, -0.2) is 4.79 Å². The second kappa shape index (κ2) is 6.80. The van der Waals surface area contributed by atoms with Crippen LogP contribution in [0.25, 0.3) is 22.1 Å².